The molecule has 148 valence electrons. The molecule has 1 aliphatic heterocycles. The summed E-state index contributed by atoms with van der Waals surface area (Å²) in [7, 11) is 0.397. The van der Waals surface area contributed by atoms with Gasteiger partial charge in [0.15, 0.2) is 8.32 Å². The number of nitrogens with zero attached hydrogens (tertiary/aromatic N) is 2. The van der Waals surface area contributed by atoms with Crippen molar-refractivity contribution in [3.63, 3.8) is 0 Å². The van der Waals surface area contributed by atoms with Crippen molar-refractivity contribution in [2.75, 3.05) is 26.9 Å². The van der Waals surface area contributed by atoms with Crippen LogP contribution in [0.4, 0.5) is 0 Å². The van der Waals surface area contributed by atoms with Crippen LogP contribution < -0.4 is 5.32 Å². The fraction of sp³-hybridized carbons (Fsp3) is 0.714. The van der Waals surface area contributed by atoms with Gasteiger partial charge in [0.05, 0.1) is 13.3 Å². The van der Waals surface area contributed by atoms with E-state index in [9.17, 15) is 0 Å². The molecule has 2 rings (SSSR count). The standard InChI is InChI=1S/C21H39N3OSi/c1-17(2)26(18(3)4,19(5)6)25-15-21-14-24(16-22-21)23(7)13-20-11-9-8-10-12-20/h8-12,17-19,21-22H,13-16H2,1-7H3/t21-/m0/s1. The fourth-order valence-electron chi connectivity index (χ4n) is 4.68. The molecule has 1 heterocycles. The van der Waals surface area contributed by atoms with Gasteiger partial charge in [-0.2, -0.15) is 0 Å². The lowest BCUT2D eigenvalue weighted by Crippen LogP contribution is -2.50. The first-order valence-electron chi connectivity index (χ1n) is 10.1. The van der Waals surface area contributed by atoms with Gasteiger partial charge in [-0.15, -0.1) is 0 Å². The highest BCUT2D eigenvalue weighted by molar-refractivity contribution is 6.77. The number of hydrogen-bond acceptors (Lipinski definition) is 4. The number of hydrazine groups is 1. The summed E-state index contributed by atoms with van der Waals surface area (Å²) in [6, 6.07) is 11.1. The van der Waals surface area contributed by atoms with Gasteiger partial charge < -0.3 is 4.43 Å². The molecule has 4 nitrogen and oxygen atoms in total. The first-order valence-corrected chi connectivity index (χ1v) is 12.3. The van der Waals surface area contributed by atoms with Crippen LogP contribution in [0, 0.1) is 0 Å². The molecular formula is C21H39N3OSi. The predicted molar refractivity (Wildman–Crippen MR) is 113 cm³/mol. The highest BCUT2D eigenvalue weighted by Gasteiger charge is 2.45. The van der Waals surface area contributed by atoms with Crippen LogP contribution in [0.15, 0.2) is 30.3 Å². The first kappa shape index (κ1) is 21.6. The van der Waals surface area contributed by atoms with Crippen molar-refractivity contribution in [1.29, 1.82) is 0 Å². The van der Waals surface area contributed by atoms with Crippen molar-refractivity contribution in [3.05, 3.63) is 35.9 Å². The molecule has 1 aromatic carbocycles. The highest BCUT2D eigenvalue weighted by atomic mass is 28.4. The van der Waals surface area contributed by atoms with E-state index in [4.69, 9.17) is 4.43 Å². The third-order valence-electron chi connectivity index (χ3n) is 5.97. The lowest BCUT2D eigenvalue weighted by molar-refractivity contribution is 0.0122. The smallest absolute Gasteiger partial charge is 0.200 e. The van der Waals surface area contributed by atoms with Crippen molar-refractivity contribution >= 4 is 8.32 Å². The Bertz CT molecular complexity index is 514. The lowest BCUT2D eigenvalue weighted by Gasteiger charge is -2.42. The van der Waals surface area contributed by atoms with Crippen LogP contribution in [0.25, 0.3) is 0 Å². The Morgan fingerprint density at radius 1 is 1.08 bits per heavy atom. The predicted octanol–water partition coefficient (Wildman–Crippen LogP) is 4.46. The van der Waals surface area contributed by atoms with E-state index < -0.39 is 8.32 Å². The molecule has 0 radical (unpaired) electrons. The van der Waals surface area contributed by atoms with Crippen LogP contribution in [0.3, 0.4) is 0 Å². The van der Waals surface area contributed by atoms with Gasteiger partial charge in [0, 0.05) is 26.2 Å². The quantitative estimate of drug-likeness (QED) is 0.643. The second-order valence-electron chi connectivity index (χ2n) is 8.68. The monoisotopic (exact) mass is 377 g/mol. The van der Waals surface area contributed by atoms with E-state index in [-0.39, 0.29) is 0 Å². The average molecular weight is 378 g/mol. The number of rotatable bonds is 9. The van der Waals surface area contributed by atoms with E-state index in [1.54, 1.807) is 0 Å². The minimum absolute atomic E-state index is 0.413. The molecule has 1 aliphatic rings. The van der Waals surface area contributed by atoms with Crippen molar-refractivity contribution in [2.24, 2.45) is 0 Å². The Morgan fingerprint density at radius 2 is 1.65 bits per heavy atom. The van der Waals surface area contributed by atoms with Crippen molar-refractivity contribution in [1.82, 2.24) is 15.3 Å². The maximum atomic E-state index is 6.78. The molecule has 0 spiro atoms. The Labute approximate surface area is 162 Å². The summed E-state index contributed by atoms with van der Waals surface area (Å²) in [6.07, 6.45) is 0. The molecule has 5 heteroatoms. The van der Waals surface area contributed by atoms with E-state index in [0.29, 0.717) is 22.7 Å². The van der Waals surface area contributed by atoms with Gasteiger partial charge in [0.2, 0.25) is 0 Å². The van der Waals surface area contributed by atoms with Gasteiger partial charge in [-0.05, 0) is 22.2 Å². The summed E-state index contributed by atoms with van der Waals surface area (Å²) in [5.41, 5.74) is 3.27. The first-order chi connectivity index (χ1) is 12.3. The van der Waals surface area contributed by atoms with E-state index in [1.165, 1.54) is 5.56 Å². The Hall–Kier alpha value is -0.723. The third kappa shape index (κ3) is 4.96. The molecule has 0 aliphatic carbocycles. The maximum absolute atomic E-state index is 6.78. The number of hydrogen-bond donors (Lipinski definition) is 1. The third-order valence-corrected chi connectivity index (χ3v) is 12.1. The summed E-state index contributed by atoms with van der Waals surface area (Å²) in [4.78, 5) is 0. The van der Waals surface area contributed by atoms with Crippen LogP contribution in [0.2, 0.25) is 16.6 Å². The van der Waals surface area contributed by atoms with E-state index in [1.807, 2.05) is 0 Å². The molecule has 0 saturated carbocycles. The molecule has 0 unspecified atom stereocenters. The molecule has 26 heavy (non-hydrogen) atoms. The topological polar surface area (TPSA) is 27.7 Å². The zero-order chi connectivity index (χ0) is 19.3. The van der Waals surface area contributed by atoms with E-state index in [0.717, 1.165) is 26.4 Å². The molecule has 1 N–H and O–H groups in total. The summed E-state index contributed by atoms with van der Waals surface area (Å²) < 4.78 is 6.78. The van der Waals surface area contributed by atoms with Crippen molar-refractivity contribution < 1.29 is 4.43 Å². The van der Waals surface area contributed by atoms with Crippen LogP contribution in [0.5, 0.6) is 0 Å². The Morgan fingerprint density at radius 3 is 2.19 bits per heavy atom. The normalized spacial score (nSPS) is 19.4. The summed E-state index contributed by atoms with van der Waals surface area (Å²) in [6.45, 7) is 17.8. The molecule has 1 atom stereocenters. The van der Waals surface area contributed by atoms with E-state index >= 15 is 0 Å². The minimum atomic E-state index is -1.78. The van der Waals surface area contributed by atoms with Crippen LogP contribution in [0.1, 0.15) is 47.1 Å². The summed E-state index contributed by atoms with van der Waals surface area (Å²) in [5, 5.41) is 8.36. The highest BCUT2D eigenvalue weighted by Crippen LogP contribution is 2.42. The number of benzene rings is 1. The fourth-order valence-corrected chi connectivity index (χ4v) is 10.2. The molecule has 1 fully saturated rings. The molecule has 0 aromatic heterocycles. The Balaban J connectivity index is 1.90. The number of nitrogens with one attached hydrogen (secondary N) is 1. The Kier molecular flexibility index (Phi) is 7.86. The molecule has 1 aromatic rings. The van der Waals surface area contributed by atoms with Gasteiger partial charge in [-0.3, -0.25) is 5.32 Å². The molecular weight excluding hydrogens is 338 g/mol. The second-order valence-corrected chi connectivity index (χ2v) is 14.1. The largest absolute Gasteiger partial charge is 0.414 e. The zero-order valence-electron chi connectivity index (χ0n) is 17.8. The summed E-state index contributed by atoms with van der Waals surface area (Å²) >= 11 is 0. The van der Waals surface area contributed by atoms with E-state index in [2.05, 4.69) is 94.3 Å². The zero-order valence-corrected chi connectivity index (χ0v) is 18.8. The van der Waals surface area contributed by atoms with Crippen molar-refractivity contribution in [2.45, 2.75) is 70.8 Å². The van der Waals surface area contributed by atoms with Crippen LogP contribution in [-0.4, -0.2) is 51.2 Å². The second kappa shape index (κ2) is 9.47. The maximum Gasteiger partial charge on any atom is 0.200 e. The van der Waals surface area contributed by atoms with Crippen LogP contribution in [-0.2, 0) is 11.0 Å². The van der Waals surface area contributed by atoms with Gasteiger partial charge in [0.1, 0.15) is 0 Å². The van der Waals surface area contributed by atoms with Gasteiger partial charge in [-0.25, -0.2) is 10.0 Å². The molecule has 0 bridgehead atoms. The summed E-state index contributed by atoms with van der Waals surface area (Å²) in [5.74, 6) is 0. The average Bonchev–Trinajstić information content (AvgIpc) is 3.04. The molecule has 1 saturated heterocycles. The molecule has 0 amide bonds. The van der Waals surface area contributed by atoms with Crippen LogP contribution >= 0.6 is 0 Å². The SMILES string of the molecule is CC(C)[Si](OC[C@@H]1CN(N(C)Cc2ccccc2)CN1)(C(C)C)C(C)C. The van der Waals surface area contributed by atoms with Gasteiger partial charge in [-0.1, -0.05) is 71.9 Å². The lowest BCUT2D eigenvalue weighted by atomic mass is 10.2. The minimum Gasteiger partial charge on any atom is -0.414 e. The van der Waals surface area contributed by atoms with Gasteiger partial charge in [0.25, 0.3) is 0 Å². The van der Waals surface area contributed by atoms with Crippen molar-refractivity contribution in [3.8, 4) is 0 Å². The van der Waals surface area contributed by atoms with Gasteiger partial charge >= 0.3 is 0 Å².